The van der Waals surface area contributed by atoms with Gasteiger partial charge in [0, 0.05) is 25.7 Å². The summed E-state index contributed by atoms with van der Waals surface area (Å²) in [5.41, 5.74) is -1.09. The van der Waals surface area contributed by atoms with Gasteiger partial charge >= 0.3 is 0 Å². The molecule has 0 aromatic carbocycles. The molecule has 25 heavy (non-hydrogen) atoms. The van der Waals surface area contributed by atoms with Crippen molar-refractivity contribution in [2.45, 2.75) is 44.8 Å². The van der Waals surface area contributed by atoms with Crippen LogP contribution in [-0.2, 0) is 5.60 Å². The van der Waals surface area contributed by atoms with E-state index in [0.717, 1.165) is 25.6 Å². The molecule has 2 atom stereocenters. The quantitative estimate of drug-likeness (QED) is 0.399. The van der Waals surface area contributed by atoms with Crippen LogP contribution in [0.5, 0.6) is 0 Å². The Balaban J connectivity index is 0.00000225. The van der Waals surface area contributed by atoms with Crippen molar-refractivity contribution in [3.05, 3.63) is 24.2 Å². The summed E-state index contributed by atoms with van der Waals surface area (Å²) in [6.45, 7) is 9.45. The Morgan fingerprint density at radius 3 is 2.80 bits per heavy atom. The van der Waals surface area contributed by atoms with Crippen molar-refractivity contribution >= 4 is 29.9 Å². The van der Waals surface area contributed by atoms with Crippen LogP contribution in [0.15, 0.2) is 27.8 Å². The van der Waals surface area contributed by atoms with Crippen molar-refractivity contribution < 1.29 is 9.52 Å². The lowest BCUT2D eigenvalue weighted by Gasteiger charge is -2.26. The minimum absolute atomic E-state index is 0. The van der Waals surface area contributed by atoms with Crippen LogP contribution in [0.25, 0.3) is 0 Å². The van der Waals surface area contributed by atoms with Gasteiger partial charge < -0.3 is 19.7 Å². The normalized spacial score (nSPS) is 24.2. The van der Waals surface area contributed by atoms with Gasteiger partial charge in [-0.15, -0.1) is 24.0 Å². The van der Waals surface area contributed by atoms with Crippen molar-refractivity contribution in [2.24, 2.45) is 4.99 Å². The van der Waals surface area contributed by atoms with Crippen LogP contribution in [0.3, 0.4) is 0 Å². The third-order valence-corrected chi connectivity index (χ3v) is 5.04. The van der Waals surface area contributed by atoms with Crippen LogP contribution in [-0.4, -0.2) is 66.2 Å². The number of nitrogens with zero attached hydrogens (tertiary/aromatic N) is 3. The number of rotatable bonds is 5. The third kappa shape index (κ3) is 5.10. The van der Waals surface area contributed by atoms with E-state index < -0.39 is 5.60 Å². The molecule has 2 fully saturated rings. The molecule has 0 saturated carbocycles. The van der Waals surface area contributed by atoms with Crippen LogP contribution in [0.4, 0.5) is 0 Å². The van der Waals surface area contributed by atoms with E-state index in [1.807, 2.05) is 0 Å². The maximum atomic E-state index is 10.6. The number of furan rings is 1. The van der Waals surface area contributed by atoms with Crippen molar-refractivity contribution in [1.82, 2.24) is 15.1 Å². The molecular formula is C18H31IN4O2. The molecule has 0 bridgehead atoms. The summed E-state index contributed by atoms with van der Waals surface area (Å²) >= 11 is 0. The Bertz CT molecular complexity index is 541. The predicted octanol–water partition coefficient (Wildman–Crippen LogP) is 2.24. The van der Waals surface area contributed by atoms with Gasteiger partial charge in [0.1, 0.15) is 11.4 Å². The molecule has 1 aromatic heterocycles. The van der Waals surface area contributed by atoms with Crippen molar-refractivity contribution in [2.75, 3.05) is 39.3 Å². The van der Waals surface area contributed by atoms with E-state index in [1.165, 1.54) is 32.4 Å². The molecule has 0 amide bonds. The van der Waals surface area contributed by atoms with Crippen molar-refractivity contribution in [1.29, 1.82) is 0 Å². The van der Waals surface area contributed by atoms with Gasteiger partial charge in [-0.25, -0.2) is 4.99 Å². The molecule has 0 spiro atoms. The van der Waals surface area contributed by atoms with E-state index in [2.05, 4.69) is 27.0 Å². The SMILES string of the molecule is CCNC(=NCC(C)(O)c1ccco1)N1CCC(N2CCCC2)C1.I. The predicted molar refractivity (Wildman–Crippen MR) is 110 cm³/mol. The summed E-state index contributed by atoms with van der Waals surface area (Å²) in [6.07, 6.45) is 5.44. The van der Waals surface area contributed by atoms with E-state index in [0.29, 0.717) is 11.8 Å². The van der Waals surface area contributed by atoms with E-state index in [4.69, 9.17) is 4.42 Å². The van der Waals surface area contributed by atoms with Crippen LogP contribution < -0.4 is 5.32 Å². The third-order valence-electron chi connectivity index (χ3n) is 5.04. The maximum Gasteiger partial charge on any atom is 0.194 e. The van der Waals surface area contributed by atoms with E-state index >= 15 is 0 Å². The van der Waals surface area contributed by atoms with Gasteiger partial charge in [-0.2, -0.15) is 0 Å². The van der Waals surface area contributed by atoms with Crippen LogP contribution in [0.1, 0.15) is 38.9 Å². The first-order valence-electron chi connectivity index (χ1n) is 9.14. The van der Waals surface area contributed by atoms with Crippen LogP contribution in [0.2, 0.25) is 0 Å². The first kappa shape index (κ1) is 20.5. The standard InChI is InChI=1S/C18H30N4O2.HI/c1-3-19-17(20-14-18(2,23)16-7-6-12-24-16)22-11-8-15(13-22)21-9-4-5-10-21;/h6-7,12,15,23H,3-5,8-11,13-14H2,1-2H3,(H,19,20);1H. The maximum absolute atomic E-state index is 10.6. The second-order valence-corrected chi connectivity index (χ2v) is 7.05. The van der Waals surface area contributed by atoms with Gasteiger partial charge in [-0.05, 0) is 58.3 Å². The number of hydrogen-bond acceptors (Lipinski definition) is 4. The number of aliphatic imine (C=N–C) groups is 1. The highest BCUT2D eigenvalue weighted by Crippen LogP contribution is 2.23. The van der Waals surface area contributed by atoms with E-state index in [-0.39, 0.29) is 30.5 Å². The second-order valence-electron chi connectivity index (χ2n) is 7.05. The fourth-order valence-corrected chi connectivity index (χ4v) is 3.66. The first-order valence-corrected chi connectivity index (χ1v) is 9.14. The molecule has 2 aliphatic heterocycles. The Labute approximate surface area is 167 Å². The lowest BCUT2D eigenvalue weighted by molar-refractivity contribution is 0.0435. The van der Waals surface area contributed by atoms with E-state index in [1.54, 1.807) is 25.3 Å². The minimum Gasteiger partial charge on any atom is -0.466 e. The zero-order chi connectivity index (χ0) is 17.0. The van der Waals surface area contributed by atoms with Crippen LogP contribution in [0, 0.1) is 0 Å². The molecular weight excluding hydrogens is 431 g/mol. The molecule has 3 rings (SSSR count). The summed E-state index contributed by atoms with van der Waals surface area (Å²) in [6, 6.07) is 4.23. The summed E-state index contributed by atoms with van der Waals surface area (Å²) in [7, 11) is 0. The zero-order valence-corrected chi connectivity index (χ0v) is 17.6. The molecule has 7 heteroatoms. The Morgan fingerprint density at radius 2 is 2.16 bits per heavy atom. The fourth-order valence-electron chi connectivity index (χ4n) is 3.66. The number of guanidine groups is 1. The molecule has 6 nitrogen and oxygen atoms in total. The highest BCUT2D eigenvalue weighted by atomic mass is 127. The summed E-state index contributed by atoms with van der Waals surface area (Å²) in [4.78, 5) is 9.62. The number of nitrogens with one attached hydrogen (secondary N) is 1. The molecule has 3 heterocycles. The molecule has 2 aliphatic rings. The van der Waals surface area contributed by atoms with Gasteiger partial charge in [0.2, 0.25) is 0 Å². The molecule has 0 aliphatic carbocycles. The minimum atomic E-state index is -1.09. The number of hydrogen-bond donors (Lipinski definition) is 2. The van der Waals surface area contributed by atoms with Gasteiger partial charge in [-0.1, -0.05) is 0 Å². The zero-order valence-electron chi connectivity index (χ0n) is 15.3. The largest absolute Gasteiger partial charge is 0.466 e. The fraction of sp³-hybridized carbons (Fsp3) is 0.722. The average molecular weight is 462 g/mol. The lowest BCUT2D eigenvalue weighted by atomic mass is 10.0. The number of aliphatic hydroxyl groups is 1. The smallest absolute Gasteiger partial charge is 0.194 e. The van der Waals surface area contributed by atoms with Crippen molar-refractivity contribution in [3.8, 4) is 0 Å². The van der Waals surface area contributed by atoms with Crippen molar-refractivity contribution in [3.63, 3.8) is 0 Å². The van der Waals surface area contributed by atoms with Gasteiger partial charge in [-0.3, -0.25) is 4.90 Å². The molecule has 1 aromatic rings. The summed E-state index contributed by atoms with van der Waals surface area (Å²) in [5.74, 6) is 1.45. The van der Waals surface area contributed by atoms with Crippen LogP contribution >= 0.6 is 24.0 Å². The average Bonchev–Trinajstić information content (AvgIpc) is 3.33. The Kier molecular flexibility index (Phi) is 7.57. The number of halogens is 1. The Hall–Kier alpha value is -0.800. The van der Waals surface area contributed by atoms with Gasteiger partial charge in [0.15, 0.2) is 5.96 Å². The monoisotopic (exact) mass is 462 g/mol. The second kappa shape index (κ2) is 9.23. The van der Waals surface area contributed by atoms with Gasteiger partial charge in [0.05, 0.1) is 12.8 Å². The molecule has 142 valence electrons. The van der Waals surface area contributed by atoms with E-state index in [9.17, 15) is 5.11 Å². The molecule has 2 unspecified atom stereocenters. The molecule has 2 saturated heterocycles. The first-order chi connectivity index (χ1) is 11.6. The highest BCUT2D eigenvalue weighted by molar-refractivity contribution is 14.0. The molecule has 0 radical (unpaired) electrons. The number of likely N-dealkylation sites (tertiary alicyclic amines) is 2. The van der Waals surface area contributed by atoms with Gasteiger partial charge in [0.25, 0.3) is 0 Å². The highest BCUT2D eigenvalue weighted by Gasteiger charge is 2.31. The topological polar surface area (TPSA) is 64.2 Å². The molecule has 2 N–H and O–H groups in total. The summed E-state index contributed by atoms with van der Waals surface area (Å²) in [5, 5.41) is 14.0. The Morgan fingerprint density at radius 1 is 1.40 bits per heavy atom. The lowest BCUT2D eigenvalue weighted by Crippen LogP contribution is -2.43. The summed E-state index contributed by atoms with van der Waals surface area (Å²) < 4.78 is 5.34.